The number of fused-ring (bicyclic) bond motifs is 2. The van der Waals surface area contributed by atoms with E-state index in [0.717, 1.165) is 25.0 Å². The first-order valence-corrected chi connectivity index (χ1v) is 6.85. The van der Waals surface area contributed by atoms with Crippen molar-refractivity contribution in [1.29, 1.82) is 0 Å². The molecule has 2 bridgehead atoms. The standard InChI is InChI=1S/C15H15F3O2/c16-12-3-4-13(17)15(18)11(12)7-14(19)8-5-9-1-2-10(6-8)20-9/h3-4,8-10H,1-2,5-7H2. The quantitative estimate of drug-likeness (QED) is 0.797. The summed E-state index contributed by atoms with van der Waals surface area (Å²) in [6.07, 6.45) is 2.88. The second-order valence-corrected chi connectivity index (χ2v) is 5.59. The molecule has 0 spiro atoms. The van der Waals surface area contributed by atoms with Gasteiger partial charge in [0.2, 0.25) is 0 Å². The molecule has 3 rings (SSSR count). The molecule has 0 radical (unpaired) electrons. The molecular weight excluding hydrogens is 269 g/mol. The lowest BCUT2D eigenvalue weighted by molar-refractivity contribution is -0.128. The molecule has 0 N–H and O–H groups in total. The van der Waals surface area contributed by atoms with Crippen LogP contribution in [0.1, 0.15) is 31.2 Å². The molecule has 2 heterocycles. The van der Waals surface area contributed by atoms with Crippen LogP contribution in [0.4, 0.5) is 13.2 Å². The Labute approximate surface area is 114 Å². The Morgan fingerprint density at radius 1 is 1.10 bits per heavy atom. The summed E-state index contributed by atoms with van der Waals surface area (Å²) in [5, 5.41) is 0. The number of rotatable bonds is 3. The first-order chi connectivity index (χ1) is 9.54. The van der Waals surface area contributed by atoms with Gasteiger partial charge in [0.25, 0.3) is 0 Å². The molecule has 1 aromatic carbocycles. The summed E-state index contributed by atoms with van der Waals surface area (Å²) in [7, 11) is 0. The SMILES string of the molecule is O=C(Cc1c(F)ccc(F)c1F)C1CC2CCC(C1)O2. The lowest BCUT2D eigenvalue weighted by atomic mass is 9.88. The summed E-state index contributed by atoms with van der Waals surface area (Å²) >= 11 is 0. The Morgan fingerprint density at radius 2 is 1.70 bits per heavy atom. The molecule has 0 amide bonds. The topological polar surface area (TPSA) is 26.3 Å². The fraction of sp³-hybridized carbons (Fsp3) is 0.533. The molecule has 1 aromatic rings. The Bertz CT molecular complexity index is 532. The van der Waals surface area contributed by atoms with Crippen LogP contribution in [0.3, 0.4) is 0 Å². The second kappa shape index (κ2) is 5.20. The van der Waals surface area contributed by atoms with E-state index in [0.29, 0.717) is 12.8 Å². The van der Waals surface area contributed by atoms with Crippen molar-refractivity contribution in [3.8, 4) is 0 Å². The van der Waals surface area contributed by atoms with Crippen LogP contribution in [0.15, 0.2) is 12.1 Å². The molecule has 2 saturated heterocycles. The minimum absolute atomic E-state index is 0.0879. The van der Waals surface area contributed by atoms with Gasteiger partial charge in [0.1, 0.15) is 11.6 Å². The predicted octanol–water partition coefficient (Wildman–Crippen LogP) is 3.17. The summed E-state index contributed by atoms with van der Waals surface area (Å²) in [6, 6.07) is 1.59. The predicted molar refractivity (Wildman–Crippen MR) is 65.6 cm³/mol. The van der Waals surface area contributed by atoms with Gasteiger partial charge in [-0.15, -0.1) is 0 Å². The van der Waals surface area contributed by atoms with Crippen molar-refractivity contribution < 1.29 is 22.7 Å². The summed E-state index contributed by atoms with van der Waals surface area (Å²) in [5.41, 5.74) is -0.464. The first-order valence-electron chi connectivity index (χ1n) is 6.85. The minimum atomic E-state index is -1.26. The third-order valence-corrected chi connectivity index (χ3v) is 4.24. The van der Waals surface area contributed by atoms with Crippen molar-refractivity contribution in [2.75, 3.05) is 0 Å². The Kier molecular flexibility index (Phi) is 3.54. The number of halogens is 3. The van der Waals surface area contributed by atoms with E-state index in [9.17, 15) is 18.0 Å². The van der Waals surface area contributed by atoms with Gasteiger partial charge in [0.15, 0.2) is 11.6 Å². The van der Waals surface area contributed by atoms with Crippen LogP contribution in [-0.2, 0) is 16.0 Å². The highest BCUT2D eigenvalue weighted by atomic mass is 19.2. The highest BCUT2D eigenvalue weighted by Gasteiger charge is 2.38. The molecule has 108 valence electrons. The van der Waals surface area contributed by atoms with Crippen LogP contribution >= 0.6 is 0 Å². The molecule has 0 saturated carbocycles. The van der Waals surface area contributed by atoms with E-state index in [-0.39, 0.29) is 30.3 Å². The molecule has 2 atom stereocenters. The van der Waals surface area contributed by atoms with Gasteiger partial charge in [-0.25, -0.2) is 13.2 Å². The van der Waals surface area contributed by atoms with Crippen LogP contribution in [0.25, 0.3) is 0 Å². The van der Waals surface area contributed by atoms with E-state index in [1.165, 1.54) is 0 Å². The van der Waals surface area contributed by atoms with Crippen molar-refractivity contribution in [2.24, 2.45) is 5.92 Å². The van der Waals surface area contributed by atoms with Crippen molar-refractivity contribution in [3.63, 3.8) is 0 Å². The van der Waals surface area contributed by atoms with E-state index < -0.39 is 23.0 Å². The second-order valence-electron chi connectivity index (χ2n) is 5.59. The van der Waals surface area contributed by atoms with E-state index in [1.54, 1.807) is 0 Å². The zero-order chi connectivity index (χ0) is 14.3. The monoisotopic (exact) mass is 284 g/mol. The molecule has 2 aliphatic heterocycles. The molecule has 0 aromatic heterocycles. The number of ketones is 1. The zero-order valence-electron chi connectivity index (χ0n) is 10.9. The largest absolute Gasteiger partial charge is 0.375 e. The summed E-state index contributed by atoms with van der Waals surface area (Å²) in [6.45, 7) is 0. The summed E-state index contributed by atoms with van der Waals surface area (Å²) in [5.74, 6) is -3.71. The number of hydrogen-bond donors (Lipinski definition) is 0. The van der Waals surface area contributed by atoms with Gasteiger partial charge in [-0.2, -0.15) is 0 Å². The molecular formula is C15H15F3O2. The van der Waals surface area contributed by atoms with Crippen molar-refractivity contribution >= 4 is 5.78 Å². The molecule has 20 heavy (non-hydrogen) atoms. The van der Waals surface area contributed by atoms with E-state index in [4.69, 9.17) is 4.74 Å². The average Bonchev–Trinajstić information content (AvgIpc) is 2.77. The van der Waals surface area contributed by atoms with Crippen LogP contribution in [0, 0.1) is 23.4 Å². The van der Waals surface area contributed by atoms with Gasteiger partial charge >= 0.3 is 0 Å². The average molecular weight is 284 g/mol. The van der Waals surface area contributed by atoms with Gasteiger partial charge < -0.3 is 4.74 Å². The minimum Gasteiger partial charge on any atom is -0.375 e. The maximum Gasteiger partial charge on any atom is 0.165 e. The van der Waals surface area contributed by atoms with Crippen molar-refractivity contribution in [1.82, 2.24) is 0 Å². The Balaban J connectivity index is 1.75. The third kappa shape index (κ3) is 2.46. The van der Waals surface area contributed by atoms with Crippen LogP contribution in [-0.4, -0.2) is 18.0 Å². The van der Waals surface area contributed by atoms with Gasteiger partial charge in [-0.1, -0.05) is 0 Å². The molecule has 2 nitrogen and oxygen atoms in total. The Hall–Kier alpha value is -1.36. The molecule has 0 aliphatic carbocycles. The maximum absolute atomic E-state index is 13.6. The number of carbonyl (C=O) groups is 1. The van der Waals surface area contributed by atoms with Crippen LogP contribution in [0.2, 0.25) is 0 Å². The number of benzene rings is 1. The summed E-state index contributed by atoms with van der Waals surface area (Å²) in [4.78, 5) is 12.2. The van der Waals surface area contributed by atoms with Crippen molar-refractivity contribution in [3.05, 3.63) is 35.1 Å². The van der Waals surface area contributed by atoms with Gasteiger partial charge in [0, 0.05) is 17.9 Å². The molecule has 2 unspecified atom stereocenters. The highest BCUT2D eigenvalue weighted by Crippen LogP contribution is 2.36. The van der Waals surface area contributed by atoms with E-state index in [1.807, 2.05) is 0 Å². The van der Waals surface area contributed by atoms with E-state index >= 15 is 0 Å². The maximum atomic E-state index is 13.6. The van der Waals surface area contributed by atoms with Crippen LogP contribution in [0.5, 0.6) is 0 Å². The number of carbonyl (C=O) groups excluding carboxylic acids is 1. The zero-order valence-corrected chi connectivity index (χ0v) is 10.9. The normalized spacial score (nSPS) is 28.6. The first kappa shape index (κ1) is 13.6. The lowest BCUT2D eigenvalue weighted by Crippen LogP contribution is -2.31. The van der Waals surface area contributed by atoms with Gasteiger partial charge in [-0.3, -0.25) is 4.79 Å². The number of Topliss-reactive ketones (excluding diaryl/α,β-unsaturated/α-hetero) is 1. The smallest absolute Gasteiger partial charge is 0.165 e. The molecule has 2 fully saturated rings. The molecule has 5 heteroatoms. The van der Waals surface area contributed by atoms with Gasteiger partial charge in [-0.05, 0) is 37.8 Å². The van der Waals surface area contributed by atoms with Gasteiger partial charge in [0.05, 0.1) is 12.2 Å². The fourth-order valence-electron chi connectivity index (χ4n) is 3.17. The lowest BCUT2D eigenvalue weighted by Gasteiger charge is -2.27. The fourth-order valence-corrected chi connectivity index (χ4v) is 3.17. The van der Waals surface area contributed by atoms with E-state index in [2.05, 4.69) is 0 Å². The number of ether oxygens (including phenoxy) is 1. The number of hydrogen-bond acceptors (Lipinski definition) is 2. The highest BCUT2D eigenvalue weighted by molar-refractivity contribution is 5.83. The van der Waals surface area contributed by atoms with Crippen LogP contribution < -0.4 is 0 Å². The molecule has 2 aliphatic rings. The third-order valence-electron chi connectivity index (χ3n) is 4.24. The summed E-state index contributed by atoms with van der Waals surface area (Å²) < 4.78 is 45.9. The van der Waals surface area contributed by atoms with Crippen molar-refractivity contribution in [2.45, 2.75) is 44.3 Å². The Morgan fingerprint density at radius 3 is 2.35 bits per heavy atom.